The van der Waals surface area contributed by atoms with Crippen LogP contribution in [0.15, 0.2) is 35.9 Å². The van der Waals surface area contributed by atoms with E-state index in [1.807, 2.05) is 43.9 Å². The molecule has 0 radical (unpaired) electrons. The Labute approximate surface area is 152 Å². The van der Waals surface area contributed by atoms with Gasteiger partial charge in [0.1, 0.15) is 5.60 Å². The predicted molar refractivity (Wildman–Crippen MR) is 98.2 cm³/mol. The van der Waals surface area contributed by atoms with Crippen molar-refractivity contribution in [1.29, 1.82) is 0 Å². The lowest BCUT2D eigenvalue weighted by Gasteiger charge is -2.29. The number of fused-ring (bicyclic) bond motifs is 1. The van der Waals surface area contributed by atoms with Crippen LogP contribution in [0.25, 0.3) is 0 Å². The maximum absolute atomic E-state index is 11.4. The summed E-state index contributed by atoms with van der Waals surface area (Å²) in [6.07, 6.45) is 9.56. The van der Waals surface area contributed by atoms with Crippen molar-refractivity contribution >= 4 is 11.8 Å². The van der Waals surface area contributed by atoms with E-state index in [1.54, 1.807) is 11.8 Å². The molecule has 2 aromatic heterocycles. The maximum atomic E-state index is 11.4. The molecule has 0 aromatic carbocycles. The van der Waals surface area contributed by atoms with Crippen LogP contribution in [0.4, 0.5) is 0 Å². The third kappa shape index (κ3) is 3.18. The zero-order valence-electron chi connectivity index (χ0n) is 14.7. The number of rotatable bonds is 4. The molecule has 3 atom stereocenters. The summed E-state index contributed by atoms with van der Waals surface area (Å²) in [6, 6.07) is 4.04. The van der Waals surface area contributed by atoms with E-state index in [1.165, 1.54) is 0 Å². The fourth-order valence-electron chi connectivity index (χ4n) is 4.34. The van der Waals surface area contributed by atoms with Gasteiger partial charge in [-0.3, -0.25) is 9.88 Å². The minimum absolute atomic E-state index is 0.258. The molecular formula is C19H24N4OS. The van der Waals surface area contributed by atoms with Crippen LogP contribution in [-0.2, 0) is 12.1 Å². The summed E-state index contributed by atoms with van der Waals surface area (Å²) < 4.78 is 0. The molecule has 5 nitrogen and oxygen atoms in total. The van der Waals surface area contributed by atoms with Crippen molar-refractivity contribution in [3.05, 3.63) is 47.5 Å². The smallest absolute Gasteiger partial charge is 0.187 e. The number of aryl methyl sites for hydroxylation is 1. The lowest BCUT2D eigenvalue weighted by Crippen LogP contribution is -2.35. The largest absolute Gasteiger partial charge is 0.383 e. The van der Waals surface area contributed by atoms with E-state index >= 15 is 0 Å². The molecule has 2 aromatic rings. The zero-order valence-corrected chi connectivity index (χ0v) is 15.5. The number of nitrogens with zero attached hydrogens (tertiary/aromatic N) is 4. The second-order valence-electron chi connectivity index (χ2n) is 7.32. The van der Waals surface area contributed by atoms with Crippen LogP contribution in [0.3, 0.4) is 0 Å². The van der Waals surface area contributed by atoms with Gasteiger partial charge in [-0.15, -0.1) is 0 Å². The lowest BCUT2D eigenvalue weighted by molar-refractivity contribution is -0.0108. The van der Waals surface area contributed by atoms with Gasteiger partial charge >= 0.3 is 0 Å². The SMILES string of the molecule is CSc1ncc(CN2C[C@@H]3CC[C@@](O)(c4ccc(C)cn4)[C@@H]3C2)cn1. The highest BCUT2D eigenvalue weighted by Crippen LogP contribution is 2.50. The van der Waals surface area contributed by atoms with Gasteiger partial charge in [0.15, 0.2) is 5.16 Å². The number of aliphatic hydroxyl groups is 1. The molecule has 4 rings (SSSR count). The average molecular weight is 356 g/mol. The van der Waals surface area contributed by atoms with Gasteiger partial charge in [-0.05, 0) is 43.6 Å². The van der Waals surface area contributed by atoms with E-state index in [2.05, 4.69) is 19.9 Å². The summed E-state index contributed by atoms with van der Waals surface area (Å²) in [5.41, 5.74) is 2.31. The molecule has 2 fully saturated rings. The van der Waals surface area contributed by atoms with Gasteiger partial charge in [-0.2, -0.15) is 0 Å². The Morgan fingerprint density at radius 3 is 2.68 bits per heavy atom. The van der Waals surface area contributed by atoms with Crippen molar-refractivity contribution in [3.8, 4) is 0 Å². The number of hydrogen-bond donors (Lipinski definition) is 1. The van der Waals surface area contributed by atoms with E-state index in [4.69, 9.17) is 0 Å². The molecule has 0 amide bonds. The quantitative estimate of drug-likeness (QED) is 0.671. The predicted octanol–water partition coefficient (Wildman–Crippen LogP) is 2.63. The Kier molecular flexibility index (Phi) is 4.52. The molecule has 132 valence electrons. The van der Waals surface area contributed by atoms with Crippen LogP contribution in [0.5, 0.6) is 0 Å². The molecular weight excluding hydrogens is 332 g/mol. The Morgan fingerprint density at radius 1 is 1.20 bits per heavy atom. The van der Waals surface area contributed by atoms with Crippen molar-refractivity contribution in [2.75, 3.05) is 19.3 Å². The van der Waals surface area contributed by atoms with E-state index < -0.39 is 5.60 Å². The molecule has 0 bridgehead atoms. The van der Waals surface area contributed by atoms with E-state index in [0.717, 1.165) is 54.5 Å². The minimum atomic E-state index is -0.785. The van der Waals surface area contributed by atoms with Gasteiger partial charge in [-0.25, -0.2) is 9.97 Å². The first kappa shape index (κ1) is 16.9. The Hall–Kier alpha value is -1.50. The normalized spacial score (nSPS) is 29.1. The zero-order chi connectivity index (χ0) is 17.4. The number of pyridine rings is 1. The maximum Gasteiger partial charge on any atom is 0.187 e. The highest BCUT2D eigenvalue weighted by molar-refractivity contribution is 7.98. The van der Waals surface area contributed by atoms with Crippen molar-refractivity contribution in [2.24, 2.45) is 11.8 Å². The molecule has 0 unspecified atom stereocenters. The molecule has 0 spiro atoms. The lowest BCUT2D eigenvalue weighted by atomic mass is 9.85. The molecule has 1 saturated heterocycles. The molecule has 1 saturated carbocycles. The highest BCUT2D eigenvalue weighted by Gasteiger charge is 2.52. The highest BCUT2D eigenvalue weighted by atomic mass is 32.2. The third-order valence-electron chi connectivity index (χ3n) is 5.65. The van der Waals surface area contributed by atoms with Crippen molar-refractivity contribution in [1.82, 2.24) is 19.9 Å². The van der Waals surface area contributed by atoms with Gasteiger partial charge in [0.05, 0.1) is 5.69 Å². The molecule has 3 heterocycles. The molecule has 25 heavy (non-hydrogen) atoms. The third-order valence-corrected chi connectivity index (χ3v) is 6.23. The Balaban J connectivity index is 1.48. The van der Waals surface area contributed by atoms with Crippen LogP contribution >= 0.6 is 11.8 Å². The topological polar surface area (TPSA) is 62.1 Å². The van der Waals surface area contributed by atoms with Crippen LogP contribution in [0, 0.1) is 18.8 Å². The molecule has 1 aliphatic carbocycles. The average Bonchev–Trinajstić information content (AvgIpc) is 3.17. The number of hydrogen-bond acceptors (Lipinski definition) is 6. The van der Waals surface area contributed by atoms with Gasteiger partial charge in [0, 0.05) is 49.7 Å². The summed E-state index contributed by atoms with van der Waals surface area (Å²) >= 11 is 1.56. The molecule has 1 aliphatic heterocycles. The summed E-state index contributed by atoms with van der Waals surface area (Å²) in [5.74, 6) is 0.800. The summed E-state index contributed by atoms with van der Waals surface area (Å²) in [6.45, 7) is 4.81. The van der Waals surface area contributed by atoms with Gasteiger partial charge in [0.25, 0.3) is 0 Å². The van der Waals surface area contributed by atoms with Crippen LogP contribution < -0.4 is 0 Å². The molecule has 2 aliphatic rings. The van der Waals surface area contributed by atoms with Crippen LogP contribution in [-0.4, -0.2) is 44.3 Å². The van der Waals surface area contributed by atoms with Gasteiger partial charge < -0.3 is 5.11 Å². The first-order chi connectivity index (χ1) is 12.1. The van der Waals surface area contributed by atoms with Crippen molar-refractivity contribution < 1.29 is 5.11 Å². The minimum Gasteiger partial charge on any atom is -0.383 e. The summed E-state index contributed by atoms with van der Waals surface area (Å²) in [7, 11) is 0. The monoisotopic (exact) mass is 356 g/mol. The van der Waals surface area contributed by atoms with Gasteiger partial charge in [0.2, 0.25) is 0 Å². The summed E-state index contributed by atoms with van der Waals surface area (Å²) in [5, 5.41) is 12.2. The van der Waals surface area contributed by atoms with Gasteiger partial charge in [-0.1, -0.05) is 17.8 Å². The van der Waals surface area contributed by atoms with Crippen molar-refractivity contribution in [3.63, 3.8) is 0 Å². The van der Waals surface area contributed by atoms with E-state index in [-0.39, 0.29) is 5.92 Å². The van der Waals surface area contributed by atoms with E-state index in [9.17, 15) is 5.11 Å². The first-order valence-corrected chi connectivity index (χ1v) is 10.0. The summed E-state index contributed by atoms with van der Waals surface area (Å²) in [4.78, 5) is 15.7. The van der Waals surface area contributed by atoms with E-state index in [0.29, 0.717) is 5.92 Å². The molecule has 1 N–H and O–H groups in total. The fraction of sp³-hybridized carbons (Fsp3) is 0.526. The van der Waals surface area contributed by atoms with Crippen LogP contribution in [0.2, 0.25) is 0 Å². The Morgan fingerprint density at radius 2 is 2.00 bits per heavy atom. The van der Waals surface area contributed by atoms with Crippen LogP contribution in [0.1, 0.15) is 29.7 Å². The Bertz CT molecular complexity index is 736. The second kappa shape index (κ2) is 6.67. The number of likely N-dealkylation sites (tertiary alicyclic amines) is 1. The standard InChI is InChI=1S/C19H24N4OS/c1-13-3-4-17(20-7-13)19(24)6-5-15-11-23(12-16(15)19)10-14-8-21-18(25-2)22-9-14/h3-4,7-9,15-16,24H,5-6,10-12H2,1-2H3/t15-,16+,19-/m0/s1. The second-order valence-corrected chi connectivity index (χ2v) is 8.10. The first-order valence-electron chi connectivity index (χ1n) is 8.81. The number of thioether (sulfide) groups is 1. The fourth-order valence-corrected chi connectivity index (χ4v) is 4.66. The molecule has 6 heteroatoms. The number of aromatic nitrogens is 3. The van der Waals surface area contributed by atoms with Crippen molar-refractivity contribution in [2.45, 2.75) is 37.1 Å².